The highest BCUT2D eigenvalue weighted by atomic mass is 79.9. The monoisotopic (exact) mass is 396 g/mol. The van der Waals surface area contributed by atoms with E-state index in [1.54, 1.807) is 0 Å². The second kappa shape index (κ2) is 7.70. The maximum Gasteiger partial charge on any atom is 0.337 e. The predicted octanol–water partition coefficient (Wildman–Crippen LogP) is 3.43. The molecule has 2 amide bonds. The second-order valence-corrected chi connectivity index (χ2v) is 6.48. The molecule has 1 aromatic rings. The smallest absolute Gasteiger partial charge is 0.337 e. The number of halogens is 1. The number of hydrogen-bond acceptors (Lipinski definition) is 4. The molecule has 1 atom stereocenters. The van der Waals surface area contributed by atoms with Crippen LogP contribution in [-0.4, -0.2) is 25.2 Å². The van der Waals surface area contributed by atoms with Crippen LogP contribution in [0.5, 0.6) is 5.75 Å². The van der Waals surface area contributed by atoms with Crippen molar-refractivity contribution in [3.8, 4) is 5.75 Å². The first-order chi connectivity index (χ1) is 11.4. The van der Waals surface area contributed by atoms with Crippen molar-refractivity contribution >= 4 is 27.9 Å². The normalized spacial score (nSPS) is 17.4. The van der Waals surface area contributed by atoms with Crippen LogP contribution in [0.4, 0.5) is 4.79 Å². The van der Waals surface area contributed by atoms with E-state index in [-0.39, 0.29) is 12.1 Å². The van der Waals surface area contributed by atoms with Crippen molar-refractivity contribution in [1.82, 2.24) is 10.6 Å². The van der Waals surface area contributed by atoms with Crippen molar-refractivity contribution < 1.29 is 19.1 Å². The van der Waals surface area contributed by atoms with E-state index in [1.807, 2.05) is 39.0 Å². The van der Waals surface area contributed by atoms with Crippen LogP contribution in [0, 0.1) is 0 Å². The standard InChI is InChI=1S/C17H21BrN2O4/c1-5-12-14(16(21)23-4)15(20-17(22)19-12)10-6-7-13(11(18)8-10)24-9(2)3/h6-9,15H,5H2,1-4H3,(H2,19,20,22). The highest BCUT2D eigenvalue weighted by Crippen LogP contribution is 2.34. The van der Waals surface area contributed by atoms with Crippen molar-refractivity contribution in [1.29, 1.82) is 0 Å². The number of nitrogens with one attached hydrogen (secondary N) is 2. The average Bonchev–Trinajstić information content (AvgIpc) is 2.54. The molecule has 0 fully saturated rings. The predicted molar refractivity (Wildman–Crippen MR) is 93.6 cm³/mol. The van der Waals surface area contributed by atoms with Gasteiger partial charge in [0.05, 0.1) is 29.3 Å². The van der Waals surface area contributed by atoms with E-state index in [2.05, 4.69) is 26.6 Å². The zero-order chi connectivity index (χ0) is 17.9. The number of benzene rings is 1. The Kier molecular flexibility index (Phi) is 5.88. The highest BCUT2D eigenvalue weighted by Gasteiger charge is 2.33. The Balaban J connectivity index is 2.46. The molecule has 1 heterocycles. The van der Waals surface area contributed by atoms with Gasteiger partial charge in [0, 0.05) is 5.70 Å². The summed E-state index contributed by atoms with van der Waals surface area (Å²) in [5.41, 5.74) is 1.73. The summed E-state index contributed by atoms with van der Waals surface area (Å²) in [6.07, 6.45) is 0.562. The van der Waals surface area contributed by atoms with Gasteiger partial charge in [-0.3, -0.25) is 0 Å². The fourth-order valence-corrected chi connectivity index (χ4v) is 3.03. The lowest BCUT2D eigenvalue weighted by Gasteiger charge is -2.29. The number of hydrogen-bond donors (Lipinski definition) is 2. The molecule has 130 valence electrons. The summed E-state index contributed by atoms with van der Waals surface area (Å²) in [4.78, 5) is 24.1. The van der Waals surface area contributed by atoms with Gasteiger partial charge >= 0.3 is 12.0 Å². The van der Waals surface area contributed by atoms with Crippen LogP contribution in [0.15, 0.2) is 33.9 Å². The fourth-order valence-electron chi connectivity index (χ4n) is 2.54. The van der Waals surface area contributed by atoms with Crippen molar-refractivity contribution in [2.45, 2.75) is 39.3 Å². The molecule has 1 aliphatic heterocycles. The van der Waals surface area contributed by atoms with Gasteiger partial charge < -0.3 is 20.1 Å². The third-order valence-electron chi connectivity index (χ3n) is 3.56. The number of allylic oxidation sites excluding steroid dienone is 1. The molecule has 0 aromatic heterocycles. The topological polar surface area (TPSA) is 76.7 Å². The summed E-state index contributed by atoms with van der Waals surface area (Å²) in [6.45, 7) is 5.76. The number of amides is 2. The summed E-state index contributed by atoms with van der Waals surface area (Å²) in [6, 6.07) is 4.56. The van der Waals surface area contributed by atoms with Crippen LogP contribution >= 0.6 is 15.9 Å². The molecular weight excluding hydrogens is 376 g/mol. The molecule has 1 aromatic carbocycles. The van der Waals surface area contributed by atoms with E-state index in [4.69, 9.17) is 9.47 Å². The lowest BCUT2D eigenvalue weighted by Crippen LogP contribution is -2.45. The SMILES string of the molecule is CCC1=C(C(=O)OC)C(c2ccc(OC(C)C)c(Br)c2)NC(=O)N1. The number of urea groups is 1. The van der Waals surface area contributed by atoms with Gasteiger partial charge in [-0.05, 0) is 53.9 Å². The highest BCUT2D eigenvalue weighted by molar-refractivity contribution is 9.10. The molecule has 24 heavy (non-hydrogen) atoms. The quantitative estimate of drug-likeness (QED) is 0.747. The fraction of sp³-hybridized carbons (Fsp3) is 0.412. The summed E-state index contributed by atoms with van der Waals surface area (Å²) < 4.78 is 11.3. The van der Waals surface area contributed by atoms with Gasteiger partial charge in [0.15, 0.2) is 0 Å². The first-order valence-corrected chi connectivity index (χ1v) is 8.51. The Labute approximate surface area is 149 Å². The number of esters is 1. The van der Waals surface area contributed by atoms with E-state index in [0.717, 1.165) is 10.0 Å². The van der Waals surface area contributed by atoms with E-state index in [0.29, 0.717) is 23.4 Å². The lowest BCUT2D eigenvalue weighted by atomic mass is 9.94. The van der Waals surface area contributed by atoms with Crippen LogP contribution in [0.2, 0.25) is 0 Å². The minimum absolute atomic E-state index is 0.0444. The number of rotatable bonds is 5. The van der Waals surface area contributed by atoms with Gasteiger partial charge in [-0.2, -0.15) is 0 Å². The summed E-state index contributed by atoms with van der Waals surface area (Å²) >= 11 is 3.48. The third kappa shape index (κ3) is 3.90. The molecule has 2 N–H and O–H groups in total. The molecule has 6 nitrogen and oxygen atoms in total. The van der Waals surface area contributed by atoms with E-state index in [9.17, 15) is 9.59 Å². The number of ether oxygens (including phenoxy) is 2. The van der Waals surface area contributed by atoms with Crippen LogP contribution in [0.3, 0.4) is 0 Å². The molecule has 0 aliphatic carbocycles. The van der Waals surface area contributed by atoms with E-state index >= 15 is 0 Å². The van der Waals surface area contributed by atoms with Crippen molar-refractivity contribution in [3.05, 3.63) is 39.5 Å². The zero-order valence-corrected chi connectivity index (χ0v) is 15.7. The Morgan fingerprint density at radius 3 is 2.62 bits per heavy atom. The van der Waals surface area contributed by atoms with Crippen molar-refractivity contribution in [3.63, 3.8) is 0 Å². The Morgan fingerprint density at radius 1 is 1.38 bits per heavy atom. The third-order valence-corrected chi connectivity index (χ3v) is 4.18. The number of methoxy groups -OCH3 is 1. The van der Waals surface area contributed by atoms with Crippen molar-refractivity contribution in [2.24, 2.45) is 0 Å². The lowest BCUT2D eigenvalue weighted by molar-refractivity contribution is -0.136. The summed E-state index contributed by atoms with van der Waals surface area (Å²) in [5, 5.41) is 5.45. The minimum atomic E-state index is -0.578. The Bertz CT molecular complexity index is 685. The molecule has 0 saturated heterocycles. The van der Waals surface area contributed by atoms with E-state index < -0.39 is 12.0 Å². The molecule has 7 heteroatoms. The molecule has 2 rings (SSSR count). The summed E-state index contributed by atoms with van der Waals surface area (Å²) in [5.74, 6) is 0.233. The molecule has 1 aliphatic rings. The Morgan fingerprint density at radius 2 is 2.08 bits per heavy atom. The van der Waals surface area contributed by atoms with Gasteiger partial charge in [-0.1, -0.05) is 13.0 Å². The maximum absolute atomic E-state index is 12.2. The van der Waals surface area contributed by atoms with Gasteiger partial charge in [-0.25, -0.2) is 9.59 Å². The molecule has 1 unspecified atom stereocenters. The molecule has 0 spiro atoms. The van der Waals surface area contributed by atoms with Crippen LogP contribution in [0.25, 0.3) is 0 Å². The van der Waals surface area contributed by atoms with Crippen LogP contribution in [-0.2, 0) is 9.53 Å². The largest absolute Gasteiger partial charge is 0.490 e. The molecular formula is C17H21BrN2O4. The zero-order valence-electron chi connectivity index (χ0n) is 14.1. The first-order valence-electron chi connectivity index (χ1n) is 7.72. The number of carbonyl (C=O) groups excluding carboxylic acids is 2. The number of carbonyl (C=O) groups is 2. The summed E-state index contributed by atoms with van der Waals surface area (Å²) in [7, 11) is 1.32. The van der Waals surface area contributed by atoms with Gasteiger partial charge in [0.1, 0.15) is 5.75 Å². The molecule has 0 radical (unpaired) electrons. The molecule has 0 saturated carbocycles. The van der Waals surface area contributed by atoms with Gasteiger partial charge in [0.2, 0.25) is 0 Å². The first kappa shape index (κ1) is 18.3. The van der Waals surface area contributed by atoms with Crippen LogP contribution in [0.1, 0.15) is 38.8 Å². The van der Waals surface area contributed by atoms with Gasteiger partial charge in [0.25, 0.3) is 0 Å². The van der Waals surface area contributed by atoms with Crippen molar-refractivity contribution in [2.75, 3.05) is 7.11 Å². The minimum Gasteiger partial charge on any atom is -0.490 e. The Hall–Kier alpha value is -2.02. The van der Waals surface area contributed by atoms with Crippen LogP contribution < -0.4 is 15.4 Å². The van der Waals surface area contributed by atoms with E-state index in [1.165, 1.54) is 7.11 Å². The molecule has 0 bridgehead atoms. The second-order valence-electron chi connectivity index (χ2n) is 5.63. The van der Waals surface area contributed by atoms with Gasteiger partial charge in [-0.15, -0.1) is 0 Å². The maximum atomic E-state index is 12.2. The average molecular weight is 397 g/mol.